The van der Waals surface area contributed by atoms with Crippen molar-refractivity contribution in [2.24, 2.45) is 0 Å². The fourth-order valence-corrected chi connectivity index (χ4v) is 2.76. The third kappa shape index (κ3) is 5.92. The lowest BCUT2D eigenvalue weighted by molar-refractivity contribution is 0.0675. The minimum atomic E-state index is -0.0899. The van der Waals surface area contributed by atoms with Gasteiger partial charge in [0.05, 0.1) is 6.10 Å². The number of hydrogen-bond acceptors (Lipinski definition) is 4. The maximum absolute atomic E-state index is 12.1. The molecule has 5 nitrogen and oxygen atoms in total. The largest absolute Gasteiger partial charge is 0.377 e. The molecule has 0 aromatic carbocycles. The van der Waals surface area contributed by atoms with Gasteiger partial charge in [-0.15, -0.1) is 0 Å². The standard InChI is InChI=1S/C18H29N3O2/c1-14(2)16-6-7-17(20-12-16)18(22)19-8-4-9-21-10-5-11-23-15(3)13-21/h6-7,12,14-15H,4-5,8-11,13H2,1-3H3,(H,19,22). The van der Waals surface area contributed by atoms with Gasteiger partial charge in [-0.05, 0) is 43.9 Å². The molecule has 1 aliphatic heterocycles. The molecule has 1 aromatic rings. The highest BCUT2D eigenvalue weighted by molar-refractivity contribution is 5.92. The molecule has 0 aliphatic carbocycles. The van der Waals surface area contributed by atoms with Gasteiger partial charge in [0.1, 0.15) is 5.69 Å². The van der Waals surface area contributed by atoms with Crippen molar-refractivity contribution in [2.75, 3.05) is 32.8 Å². The van der Waals surface area contributed by atoms with E-state index in [0.29, 0.717) is 24.3 Å². The summed E-state index contributed by atoms with van der Waals surface area (Å²) in [5, 5.41) is 2.95. The second kappa shape index (κ2) is 8.99. The van der Waals surface area contributed by atoms with Crippen LogP contribution in [0.25, 0.3) is 0 Å². The van der Waals surface area contributed by atoms with E-state index in [2.05, 4.69) is 36.0 Å². The van der Waals surface area contributed by atoms with Crippen molar-refractivity contribution >= 4 is 5.91 Å². The molecular weight excluding hydrogens is 290 g/mol. The fourth-order valence-electron chi connectivity index (χ4n) is 2.76. The normalized spacial score (nSPS) is 19.6. The van der Waals surface area contributed by atoms with E-state index in [1.165, 1.54) is 0 Å². The van der Waals surface area contributed by atoms with E-state index in [0.717, 1.165) is 44.6 Å². The van der Waals surface area contributed by atoms with Crippen LogP contribution >= 0.6 is 0 Å². The zero-order chi connectivity index (χ0) is 16.7. The van der Waals surface area contributed by atoms with Crippen LogP contribution in [0.1, 0.15) is 55.6 Å². The van der Waals surface area contributed by atoms with Crippen molar-refractivity contribution < 1.29 is 9.53 Å². The molecule has 0 bridgehead atoms. The number of nitrogens with one attached hydrogen (secondary N) is 1. The maximum atomic E-state index is 12.1. The van der Waals surface area contributed by atoms with Gasteiger partial charge in [-0.25, -0.2) is 0 Å². The van der Waals surface area contributed by atoms with Crippen LogP contribution in [0.3, 0.4) is 0 Å². The zero-order valence-electron chi connectivity index (χ0n) is 14.5. The van der Waals surface area contributed by atoms with Gasteiger partial charge in [-0.1, -0.05) is 19.9 Å². The van der Waals surface area contributed by atoms with E-state index in [-0.39, 0.29) is 5.91 Å². The average molecular weight is 319 g/mol. The van der Waals surface area contributed by atoms with Gasteiger partial charge < -0.3 is 15.0 Å². The summed E-state index contributed by atoms with van der Waals surface area (Å²) in [5.74, 6) is 0.340. The van der Waals surface area contributed by atoms with Crippen molar-refractivity contribution in [3.8, 4) is 0 Å². The Kier molecular flexibility index (Phi) is 6.99. The van der Waals surface area contributed by atoms with E-state index >= 15 is 0 Å². The number of ether oxygens (including phenoxy) is 1. The fraction of sp³-hybridized carbons (Fsp3) is 0.667. The lowest BCUT2D eigenvalue weighted by atomic mass is 10.1. The lowest BCUT2D eigenvalue weighted by Gasteiger charge is -2.21. The number of amides is 1. The van der Waals surface area contributed by atoms with Gasteiger partial charge in [-0.3, -0.25) is 9.78 Å². The molecule has 1 aromatic heterocycles. The minimum absolute atomic E-state index is 0.0899. The first-order valence-corrected chi connectivity index (χ1v) is 8.64. The smallest absolute Gasteiger partial charge is 0.269 e. The van der Waals surface area contributed by atoms with Gasteiger partial charge in [0.15, 0.2) is 0 Å². The maximum Gasteiger partial charge on any atom is 0.269 e. The molecule has 1 fully saturated rings. The molecule has 1 unspecified atom stereocenters. The predicted octanol–water partition coefficient (Wildman–Crippen LogP) is 2.44. The number of carbonyl (C=O) groups is 1. The topological polar surface area (TPSA) is 54.5 Å². The Morgan fingerprint density at radius 1 is 1.48 bits per heavy atom. The monoisotopic (exact) mass is 319 g/mol. The van der Waals surface area contributed by atoms with Crippen LogP contribution in [-0.4, -0.2) is 54.7 Å². The van der Waals surface area contributed by atoms with E-state index in [1.807, 2.05) is 6.07 Å². The van der Waals surface area contributed by atoms with Gasteiger partial charge in [0, 0.05) is 32.4 Å². The van der Waals surface area contributed by atoms with Crippen molar-refractivity contribution in [2.45, 2.75) is 45.6 Å². The lowest BCUT2D eigenvalue weighted by Crippen LogP contribution is -2.33. The molecule has 5 heteroatoms. The molecule has 0 radical (unpaired) electrons. The van der Waals surface area contributed by atoms with Crippen LogP contribution in [-0.2, 0) is 4.74 Å². The molecule has 128 valence electrons. The Labute approximate surface area is 139 Å². The molecule has 2 heterocycles. The third-order valence-corrected chi connectivity index (χ3v) is 4.16. The molecule has 1 saturated heterocycles. The summed E-state index contributed by atoms with van der Waals surface area (Å²) in [6.45, 7) is 10.9. The Morgan fingerprint density at radius 2 is 2.30 bits per heavy atom. The van der Waals surface area contributed by atoms with Crippen LogP contribution in [0.15, 0.2) is 18.3 Å². The first-order valence-electron chi connectivity index (χ1n) is 8.64. The van der Waals surface area contributed by atoms with Gasteiger partial charge in [0.25, 0.3) is 5.91 Å². The van der Waals surface area contributed by atoms with E-state index in [4.69, 9.17) is 4.74 Å². The zero-order valence-corrected chi connectivity index (χ0v) is 14.5. The first kappa shape index (κ1) is 17.9. The molecule has 2 rings (SSSR count). The number of nitrogens with zero attached hydrogens (tertiary/aromatic N) is 2. The van der Waals surface area contributed by atoms with Crippen LogP contribution in [0, 0.1) is 0 Å². The van der Waals surface area contributed by atoms with E-state index in [9.17, 15) is 4.79 Å². The summed E-state index contributed by atoms with van der Waals surface area (Å²) in [4.78, 5) is 18.7. The Balaban J connectivity index is 1.70. The van der Waals surface area contributed by atoms with Crippen molar-refractivity contribution in [3.05, 3.63) is 29.6 Å². The number of hydrogen-bond donors (Lipinski definition) is 1. The Bertz CT molecular complexity index is 488. The van der Waals surface area contributed by atoms with E-state index < -0.39 is 0 Å². The number of pyridine rings is 1. The SMILES string of the molecule is CC1CN(CCCNC(=O)c2ccc(C(C)C)cn2)CCCO1. The van der Waals surface area contributed by atoms with Crippen LogP contribution < -0.4 is 5.32 Å². The molecule has 1 aliphatic rings. The predicted molar refractivity (Wildman–Crippen MR) is 91.7 cm³/mol. The molecule has 0 saturated carbocycles. The van der Waals surface area contributed by atoms with Crippen molar-refractivity contribution in [1.29, 1.82) is 0 Å². The summed E-state index contributed by atoms with van der Waals surface area (Å²) in [5.41, 5.74) is 1.64. The summed E-state index contributed by atoms with van der Waals surface area (Å²) < 4.78 is 5.64. The second-order valence-corrected chi connectivity index (χ2v) is 6.58. The summed E-state index contributed by atoms with van der Waals surface area (Å²) in [6, 6.07) is 3.78. The Morgan fingerprint density at radius 3 is 3.00 bits per heavy atom. The molecule has 1 atom stereocenters. The highest BCUT2D eigenvalue weighted by Gasteiger charge is 2.14. The third-order valence-electron chi connectivity index (χ3n) is 4.16. The Hall–Kier alpha value is -1.46. The van der Waals surface area contributed by atoms with Crippen molar-refractivity contribution in [3.63, 3.8) is 0 Å². The number of rotatable bonds is 6. The highest BCUT2D eigenvalue weighted by atomic mass is 16.5. The van der Waals surface area contributed by atoms with Crippen LogP contribution in [0.4, 0.5) is 0 Å². The van der Waals surface area contributed by atoms with Gasteiger partial charge in [0.2, 0.25) is 0 Å². The summed E-state index contributed by atoms with van der Waals surface area (Å²) in [7, 11) is 0. The second-order valence-electron chi connectivity index (χ2n) is 6.58. The average Bonchev–Trinajstić information content (AvgIpc) is 2.75. The van der Waals surface area contributed by atoms with Gasteiger partial charge >= 0.3 is 0 Å². The summed E-state index contributed by atoms with van der Waals surface area (Å²) in [6.07, 6.45) is 4.12. The quantitative estimate of drug-likeness (QED) is 0.818. The number of aromatic nitrogens is 1. The summed E-state index contributed by atoms with van der Waals surface area (Å²) >= 11 is 0. The highest BCUT2D eigenvalue weighted by Crippen LogP contribution is 2.12. The molecule has 1 amide bonds. The molecule has 0 spiro atoms. The van der Waals surface area contributed by atoms with Crippen LogP contribution in [0.5, 0.6) is 0 Å². The number of carbonyl (C=O) groups excluding carboxylic acids is 1. The van der Waals surface area contributed by atoms with Crippen LogP contribution in [0.2, 0.25) is 0 Å². The first-order chi connectivity index (χ1) is 11.1. The minimum Gasteiger partial charge on any atom is -0.377 e. The van der Waals surface area contributed by atoms with Crippen molar-refractivity contribution in [1.82, 2.24) is 15.2 Å². The van der Waals surface area contributed by atoms with E-state index in [1.54, 1.807) is 12.3 Å². The van der Waals surface area contributed by atoms with Gasteiger partial charge in [-0.2, -0.15) is 0 Å². The molecule has 23 heavy (non-hydrogen) atoms. The molecule has 1 N–H and O–H groups in total. The molecular formula is C18H29N3O2.